The van der Waals surface area contributed by atoms with E-state index >= 15 is 0 Å². The molecular formula is C14H17N3O2. The molecular weight excluding hydrogens is 242 g/mol. The Bertz CT molecular complexity index is 498. The van der Waals surface area contributed by atoms with Gasteiger partial charge >= 0.3 is 6.03 Å². The topological polar surface area (TPSA) is 84.2 Å². The Balaban J connectivity index is 1.87. The summed E-state index contributed by atoms with van der Waals surface area (Å²) in [6.07, 6.45) is 6.30. The second-order valence-electron chi connectivity index (χ2n) is 4.55. The van der Waals surface area contributed by atoms with Gasteiger partial charge in [0.05, 0.1) is 0 Å². The smallest absolute Gasteiger partial charge is 0.323 e. The highest BCUT2D eigenvalue weighted by molar-refractivity contribution is 5.94. The van der Waals surface area contributed by atoms with Gasteiger partial charge in [-0.25, -0.2) is 4.79 Å². The zero-order valence-electron chi connectivity index (χ0n) is 10.6. The summed E-state index contributed by atoms with van der Waals surface area (Å²) in [7, 11) is 0. The van der Waals surface area contributed by atoms with Gasteiger partial charge in [-0.15, -0.1) is 0 Å². The molecule has 1 aromatic carbocycles. The Morgan fingerprint density at radius 2 is 1.74 bits per heavy atom. The summed E-state index contributed by atoms with van der Waals surface area (Å²) < 4.78 is 0. The molecule has 0 aliphatic heterocycles. The van der Waals surface area contributed by atoms with Crippen molar-refractivity contribution in [3.63, 3.8) is 0 Å². The van der Waals surface area contributed by atoms with E-state index < -0.39 is 5.91 Å². The van der Waals surface area contributed by atoms with Gasteiger partial charge in [-0.3, -0.25) is 4.79 Å². The van der Waals surface area contributed by atoms with Crippen molar-refractivity contribution in [2.24, 2.45) is 5.73 Å². The summed E-state index contributed by atoms with van der Waals surface area (Å²) in [6, 6.07) is 6.15. The lowest BCUT2D eigenvalue weighted by Gasteiger charge is -2.05. The molecule has 5 heteroatoms. The van der Waals surface area contributed by atoms with Gasteiger partial charge < -0.3 is 16.4 Å². The van der Waals surface area contributed by atoms with Crippen LogP contribution in [0.1, 0.15) is 36.0 Å². The summed E-state index contributed by atoms with van der Waals surface area (Å²) in [5.74, 6) is -0.484. The van der Waals surface area contributed by atoms with Crippen LogP contribution in [0.5, 0.6) is 0 Å². The van der Waals surface area contributed by atoms with Crippen molar-refractivity contribution in [2.75, 3.05) is 5.32 Å². The number of urea groups is 1. The molecule has 0 saturated heterocycles. The lowest BCUT2D eigenvalue weighted by atomic mass is 10.2. The molecule has 0 radical (unpaired) electrons. The first-order chi connectivity index (χ1) is 9.15. The largest absolute Gasteiger partial charge is 0.366 e. The lowest BCUT2D eigenvalue weighted by Crippen LogP contribution is -2.24. The Kier molecular flexibility index (Phi) is 4.18. The molecule has 1 fully saturated rings. The highest BCUT2D eigenvalue weighted by atomic mass is 16.2. The average molecular weight is 259 g/mol. The Labute approximate surface area is 111 Å². The molecule has 100 valence electrons. The fourth-order valence-corrected chi connectivity index (χ4v) is 2.03. The number of benzene rings is 1. The number of primary amides is 1. The van der Waals surface area contributed by atoms with Crippen molar-refractivity contribution >= 4 is 17.6 Å². The summed E-state index contributed by atoms with van der Waals surface area (Å²) >= 11 is 0. The van der Waals surface area contributed by atoms with Gasteiger partial charge in [0.25, 0.3) is 0 Å². The highest BCUT2D eigenvalue weighted by Crippen LogP contribution is 2.22. The molecule has 0 unspecified atom stereocenters. The molecule has 0 bridgehead atoms. The fourth-order valence-electron chi connectivity index (χ4n) is 2.03. The van der Waals surface area contributed by atoms with Crippen LogP contribution in [0.2, 0.25) is 0 Å². The Morgan fingerprint density at radius 1 is 1.11 bits per heavy atom. The normalized spacial score (nSPS) is 14.0. The Morgan fingerprint density at radius 3 is 2.32 bits per heavy atom. The Hall–Kier alpha value is -2.30. The van der Waals surface area contributed by atoms with E-state index in [2.05, 4.69) is 10.6 Å². The monoisotopic (exact) mass is 259 g/mol. The summed E-state index contributed by atoms with van der Waals surface area (Å²) in [4.78, 5) is 22.5. The van der Waals surface area contributed by atoms with Gasteiger partial charge in [-0.2, -0.15) is 0 Å². The van der Waals surface area contributed by atoms with Gasteiger partial charge in [0, 0.05) is 17.5 Å². The van der Waals surface area contributed by atoms with Gasteiger partial charge in [0.15, 0.2) is 0 Å². The third kappa shape index (κ3) is 3.84. The lowest BCUT2D eigenvalue weighted by molar-refractivity contribution is 0.100. The third-order valence-corrected chi connectivity index (χ3v) is 3.08. The van der Waals surface area contributed by atoms with Crippen LogP contribution in [0, 0.1) is 0 Å². The van der Waals surface area contributed by atoms with E-state index in [1.165, 1.54) is 18.4 Å². The molecule has 0 heterocycles. The number of allylic oxidation sites excluding steroid dienone is 1. The third-order valence-electron chi connectivity index (χ3n) is 3.08. The van der Waals surface area contributed by atoms with Crippen molar-refractivity contribution < 1.29 is 9.59 Å². The first kappa shape index (κ1) is 13.1. The van der Waals surface area contributed by atoms with Gasteiger partial charge in [0.1, 0.15) is 0 Å². The number of hydrogen-bond donors (Lipinski definition) is 3. The number of nitrogens with two attached hydrogens (primary N) is 1. The van der Waals surface area contributed by atoms with Crippen molar-refractivity contribution in [3.05, 3.63) is 41.6 Å². The summed E-state index contributed by atoms with van der Waals surface area (Å²) in [5, 5.41) is 5.39. The minimum absolute atomic E-state index is 0.286. The predicted octanol–water partition coefficient (Wildman–Crippen LogP) is 2.36. The quantitative estimate of drug-likeness (QED) is 0.778. The van der Waals surface area contributed by atoms with Crippen LogP contribution in [-0.4, -0.2) is 11.9 Å². The SMILES string of the molecule is NC(=O)c1ccc(NC(=O)NC=C2CCCC2)cc1. The standard InChI is InChI=1S/C14H17N3O2/c15-13(18)11-5-7-12(8-6-11)17-14(19)16-9-10-3-1-2-4-10/h5-9H,1-4H2,(H2,15,18)(H2,16,17,19). The van der Waals surface area contributed by atoms with E-state index in [0.717, 1.165) is 12.8 Å². The number of anilines is 1. The van der Waals surface area contributed by atoms with E-state index in [1.54, 1.807) is 30.5 Å². The van der Waals surface area contributed by atoms with Crippen LogP contribution in [0.4, 0.5) is 10.5 Å². The van der Waals surface area contributed by atoms with E-state index in [1.807, 2.05) is 0 Å². The maximum absolute atomic E-state index is 11.6. The molecule has 5 nitrogen and oxygen atoms in total. The van der Waals surface area contributed by atoms with Crippen molar-refractivity contribution in [1.29, 1.82) is 0 Å². The predicted molar refractivity (Wildman–Crippen MR) is 73.7 cm³/mol. The van der Waals surface area contributed by atoms with Crippen molar-refractivity contribution in [1.82, 2.24) is 5.32 Å². The summed E-state index contributed by atoms with van der Waals surface area (Å²) in [6.45, 7) is 0. The van der Waals surface area contributed by atoms with Crippen LogP contribution in [0.25, 0.3) is 0 Å². The van der Waals surface area contributed by atoms with Crippen LogP contribution in [0.3, 0.4) is 0 Å². The fraction of sp³-hybridized carbons (Fsp3) is 0.286. The molecule has 0 spiro atoms. The summed E-state index contributed by atoms with van der Waals surface area (Å²) in [5.41, 5.74) is 7.45. The molecule has 1 aromatic rings. The molecule has 1 aliphatic rings. The second kappa shape index (κ2) is 6.04. The van der Waals surface area contributed by atoms with E-state index in [9.17, 15) is 9.59 Å². The minimum Gasteiger partial charge on any atom is -0.366 e. The number of rotatable bonds is 3. The minimum atomic E-state index is -0.484. The first-order valence-electron chi connectivity index (χ1n) is 6.30. The number of hydrogen-bond acceptors (Lipinski definition) is 2. The zero-order valence-corrected chi connectivity index (χ0v) is 10.6. The molecule has 0 aromatic heterocycles. The van der Waals surface area contributed by atoms with Crippen LogP contribution in [0.15, 0.2) is 36.0 Å². The average Bonchev–Trinajstić information content (AvgIpc) is 2.90. The van der Waals surface area contributed by atoms with E-state index in [4.69, 9.17) is 5.73 Å². The van der Waals surface area contributed by atoms with Crippen molar-refractivity contribution in [3.8, 4) is 0 Å². The zero-order chi connectivity index (χ0) is 13.7. The molecule has 1 aliphatic carbocycles. The molecule has 4 N–H and O–H groups in total. The highest BCUT2D eigenvalue weighted by Gasteiger charge is 2.07. The molecule has 3 amide bonds. The van der Waals surface area contributed by atoms with Gasteiger partial charge in [-0.1, -0.05) is 5.57 Å². The number of amides is 3. The van der Waals surface area contributed by atoms with Gasteiger partial charge in [0.2, 0.25) is 5.91 Å². The van der Waals surface area contributed by atoms with Crippen LogP contribution in [-0.2, 0) is 0 Å². The van der Waals surface area contributed by atoms with E-state index in [0.29, 0.717) is 11.3 Å². The maximum atomic E-state index is 11.6. The number of carbonyl (C=O) groups excluding carboxylic acids is 2. The maximum Gasteiger partial charge on any atom is 0.323 e. The van der Waals surface area contributed by atoms with E-state index in [-0.39, 0.29) is 6.03 Å². The first-order valence-corrected chi connectivity index (χ1v) is 6.30. The van der Waals surface area contributed by atoms with Gasteiger partial charge in [-0.05, 0) is 49.9 Å². The second-order valence-corrected chi connectivity index (χ2v) is 4.55. The number of carbonyl (C=O) groups is 2. The molecule has 19 heavy (non-hydrogen) atoms. The van der Waals surface area contributed by atoms with Crippen molar-refractivity contribution in [2.45, 2.75) is 25.7 Å². The molecule has 2 rings (SSSR count). The number of nitrogens with one attached hydrogen (secondary N) is 2. The molecule has 1 saturated carbocycles. The van der Waals surface area contributed by atoms with Crippen LogP contribution >= 0.6 is 0 Å². The van der Waals surface area contributed by atoms with Crippen LogP contribution < -0.4 is 16.4 Å². The molecule has 0 atom stereocenters.